The first-order valence-corrected chi connectivity index (χ1v) is 6.19. The quantitative estimate of drug-likeness (QED) is 0.739. The number of benzene rings is 1. The fourth-order valence-corrected chi connectivity index (χ4v) is 2.10. The van der Waals surface area contributed by atoms with Crippen molar-refractivity contribution in [2.24, 2.45) is 5.92 Å². The maximum Gasteiger partial charge on any atom is 0.310 e. The van der Waals surface area contributed by atoms with E-state index in [9.17, 15) is 9.59 Å². The molecule has 0 bridgehead atoms. The number of hydrogen-bond acceptors (Lipinski definition) is 4. The van der Waals surface area contributed by atoms with Gasteiger partial charge in [0.15, 0.2) is 0 Å². The van der Waals surface area contributed by atoms with Crippen LogP contribution in [0.5, 0.6) is 0 Å². The van der Waals surface area contributed by atoms with Crippen LogP contribution in [-0.4, -0.2) is 26.2 Å². The Morgan fingerprint density at radius 1 is 1.16 bits per heavy atom. The van der Waals surface area contributed by atoms with Gasteiger partial charge in [0.05, 0.1) is 26.6 Å². The largest absolute Gasteiger partial charge is 0.469 e. The first-order valence-electron chi connectivity index (χ1n) is 6.19. The molecule has 0 aliphatic rings. The third kappa shape index (κ3) is 4.09. The van der Waals surface area contributed by atoms with Crippen LogP contribution >= 0.6 is 0 Å². The molecule has 0 fully saturated rings. The van der Waals surface area contributed by atoms with Crippen LogP contribution in [0.25, 0.3) is 0 Å². The molecular formula is C15H19O4. The summed E-state index contributed by atoms with van der Waals surface area (Å²) >= 11 is 0. The van der Waals surface area contributed by atoms with Gasteiger partial charge in [0.1, 0.15) is 0 Å². The fourth-order valence-electron chi connectivity index (χ4n) is 2.10. The van der Waals surface area contributed by atoms with Crippen LogP contribution in [0.15, 0.2) is 30.3 Å². The summed E-state index contributed by atoms with van der Waals surface area (Å²) < 4.78 is 9.39. The first kappa shape index (κ1) is 15.2. The summed E-state index contributed by atoms with van der Waals surface area (Å²) in [6.07, 6.45) is 2.00. The maximum absolute atomic E-state index is 11.9. The molecule has 0 aliphatic carbocycles. The number of carbonyl (C=O) groups excluding carboxylic acids is 2. The predicted octanol–water partition coefficient (Wildman–Crippen LogP) is 2.35. The summed E-state index contributed by atoms with van der Waals surface area (Å²) in [6.45, 7) is 1.97. The average Bonchev–Trinajstić information content (AvgIpc) is 2.47. The van der Waals surface area contributed by atoms with Crippen molar-refractivity contribution in [2.45, 2.75) is 19.3 Å². The summed E-state index contributed by atoms with van der Waals surface area (Å²) in [7, 11) is 2.61. The Labute approximate surface area is 113 Å². The van der Waals surface area contributed by atoms with Gasteiger partial charge in [-0.25, -0.2) is 0 Å². The normalized spacial score (nSPS) is 13.4. The predicted molar refractivity (Wildman–Crippen MR) is 71.3 cm³/mol. The van der Waals surface area contributed by atoms with Crippen LogP contribution in [-0.2, 0) is 19.1 Å². The Hall–Kier alpha value is -1.84. The minimum atomic E-state index is -0.634. The molecule has 1 aromatic rings. The highest BCUT2D eigenvalue weighted by Crippen LogP contribution is 2.31. The van der Waals surface area contributed by atoms with Gasteiger partial charge in [0, 0.05) is 0 Å². The van der Waals surface area contributed by atoms with Crippen LogP contribution in [0.2, 0.25) is 0 Å². The molecule has 1 radical (unpaired) electrons. The van der Waals surface area contributed by atoms with E-state index in [1.54, 1.807) is 0 Å². The molecule has 0 spiro atoms. The second-order valence-corrected chi connectivity index (χ2v) is 4.16. The van der Waals surface area contributed by atoms with Crippen molar-refractivity contribution in [1.82, 2.24) is 0 Å². The summed E-state index contributed by atoms with van der Waals surface area (Å²) in [4.78, 5) is 23.3. The van der Waals surface area contributed by atoms with E-state index < -0.39 is 17.9 Å². The van der Waals surface area contributed by atoms with Crippen molar-refractivity contribution in [1.29, 1.82) is 0 Å². The van der Waals surface area contributed by atoms with E-state index in [0.717, 1.165) is 12.0 Å². The van der Waals surface area contributed by atoms with E-state index in [-0.39, 0.29) is 5.92 Å². The summed E-state index contributed by atoms with van der Waals surface area (Å²) in [5, 5.41) is 0. The monoisotopic (exact) mass is 263 g/mol. The van der Waals surface area contributed by atoms with E-state index in [1.165, 1.54) is 20.6 Å². The first-order chi connectivity index (χ1) is 9.13. The highest BCUT2D eigenvalue weighted by Gasteiger charge is 2.32. The van der Waals surface area contributed by atoms with Crippen molar-refractivity contribution in [3.05, 3.63) is 42.3 Å². The number of esters is 2. The van der Waals surface area contributed by atoms with Gasteiger partial charge >= 0.3 is 11.9 Å². The van der Waals surface area contributed by atoms with Gasteiger partial charge in [-0.1, -0.05) is 37.3 Å². The van der Waals surface area contributed by atoms with E-state index >= 15 is 0 Å². The number of carbonyl (C=O) groups is 2. The summed E-state index contributed by atoms with van der Waals surface area (Å²) in [6, 6.07) is 9.60. The number of methoxy groups -OCH3 is 2. The molecule has 4 nitrogen and oxygen atoms in total. The van der Waals surface area contributed by atoms with Crippen molar-refractivity contribution in [3.63, 3.8) is 0 Å². The maximum atomic E-state index is 11.9. The van der Waals surface area contributed by atoms with Gasteiger partial charge in [-0.15, -0.1) is 0 Å². The van der Waals surface area contributed by atoms with E-state index in [1.807, 2.05) is 37.3 Å². The number of hydrogen-bond donors (Lipinski definition) is 0. The van der Waals surface area contributed by atoms with Gasteiger partial charge < -0.3 is 9.47 Å². The van der Waals surface area contributed by atoms with Gasteiger partial charge in [-0.2, -0.15) is 0 Å². The van der Waals surface area contributed by atoms with Crippen LogP contribution in [0.3, 0.4) is 0 Å². The van der Waals surface area contributed by atoms with E-state index in [2.05, 4.69) is 4.74 Å². The SMILES string of the molecule is CCC(c1ccccc1)C([CH]C(=O)OC)C(=O)OC. The molecule has 0 N–H and O–H groups in total. The van der Waals surface area contributed by atoms with Gasteiger partial charge in [0.2, 0.25) is 0 Å². The van der Waals surface area contributed by atoms with Crippen LogP contribution in [0.4, 0.5) is 0 Å². The second kappa shape index (κ2) is 7.56. The van der Waals surface area contributed by atoms with Gasteiger partial charge in [0.25, 0.3) is 0 Å². The number of rotatable bonds is 6. The van der Waals surface area contributed by atoms with Crippen molar-refractivity contribution in [3.8, 4) is 0 Å². The standard InChI is InChI=1S/C15H19O4/c1-4-12(11-8-6-5-7-9-11)13(15(17)19-3)10-14(16)18-2/h5-10,12-13H,4H2,1-3H3. The highest BCUT2D eigenvalue weighted by molar-refractivity contribution is 5.87. The molecule has 0 aliphatic heterocycles. The Bertz CT molecular complexity index is 413. The topological polar surface area (TPSA) is 52.6 Å². The molecule has 103 valence electrons. The van der Waals surface area contributed by atoms with Crippen LogP contribution in [0.1, 0.15) is 24.8 Å². The molecule has 4 heteroatoms. The van der Waals surface area contributed by atoms with E-state index in [0.29, 0.717) is 0 Å². The molecule has 2 unspecified atom stereocenters. The third-order valence-electron chi connectivity index (χ3n) is 3.09. The molecule has 0 saturated carbocycles. The molecule has 2 atom stereocenters. The zero-order valence-electron chi connectivity index (χ0n) is 11.5. The lowest BCUT2D eigenvalue weighted by atomic mass is 9.82. The third-order valence-corrected chi connectivity index (χ3v) is 3.09. The van der Waals surface area contributed by atoms with Gasteiger partial charge in [-0.3, -0.25) is 9.59 Å². The number of ether oxygens (including phenoxy) is 2. The van der Waals surface area contributed by atoms with Crippen molar-refractivity contribution in [2.75, 3.05) is 14.2 Å². The van der Waals surface area contributed by atoms with E-state index in [4.69, 9.17) is 4.74 Å². The zero-order chi connectivity index (χ0) is 14.3. The van der Waals surface area contributed by atoms with Crippen LogP contribution in [0, 0.1) is 12.3 Å². The highest BCUT2D eigenvalue weighted by atomic mass is 16.5. The smallest absolute Gasteiger partial charge is 0.310 e. The molecular weight excluding hydrogens is 244 g/mol. The summed E-state index contributed by atoms with van der Waals surface area (Å²) in [5.41, 5.74) is 1.00. The Morgan fingerprint density at radius 2 is 1.79 bits per heavy atom. The molecule has 0 amide bonds. The second-order valence-electron chi connectivity index (χ2n) is 4.16. The van der Waals surface area contributed by atoms with Crippen molar-refractivity contribution < 1.29 is 19.1 Å². The lowest BCUT2D eigenvalue weighted by Crippen LogP contribution is -2.27. The average molecular weight is 263 g/mol. The Balaban J connectivity index is 2.99. The molecule has 0 heterocycles. The lowest BCUT2D eigenvalue weighted by Gasteiger charge is -2.23. The molecule has 0 aromatic heterocycles. The fraction of sp³-hybridized carbons (Fsp3) is 0.400. The van der Waals surface area contributed by atoms with Gasteiger partial charge in [-0.05, 0) is 17.9 Å². The molecule has 1 rings (SSSR count). The van der Waals surface area contributed by atoms with Crippen LogP contribution < -0.4 is 0 Å². The Morgan fingerprint density at radius 3 is 2.26 bits per heavy atom. The van der Waals surface area contributed by atoms with Crippen molar-refractivity contribution >= 4 is 11.9 Å². The minimum Gasteiger partial charge on any atom is -0.469 e. The lowest BCUT2D eigenvalue weighted by molar-refractivity contribution is -0.148. The summed E-state index contributed by atoms with van der Waals surface area (Å²) in [5.74, 6) is -1.69. The Kier molecular flexibility index (Phi) is 6.06. The molecule has 19 heavy (non-hydrogen) atoms. The molecule has 1 aromatic carbocycles. The zero-order valence-corrected chi connectivity index (χ0v) is 11.5. The minimum absolute atomic E-state index is 0.104. The molecule has 0 saturated heterocycles.